The fourth-order valence-corrected chi connectivity index (χ4v) is 5.51. The highest BCUT2D eigenvalue weighted by molar-refractivity contribution is 8.13. The first-order valence-electron chi connectivity index (χ1n) is 9.44. The molecule has 2 aliphatic heterocycles. The quantitative estimate of drug-likeness (QED) is 0.758. The number of thioether (sulfide) groups is 1. The van der Waals surface area contributed by atoms with Crippen molar-refractivity contribution >= 4 is 34.4 Å². The summed E-state index contributed by atoms with van der Waals surface area (Å²) in [5.74, 6) is -0.180. The maximum atomic E-state index is 15.0. The van der Waals surface area contributed by atoms with Crippen molar-refractivity contribution < 1.29 is 13.9 Å². The minimum atomic E-state index is -0.743. The number of aryl methyl sites for hydroxylation is 1. The average Bonchev–Trinajstić information content (AvgIpc) is 2.69. The molecule has 1 aromatic heterocycles. The molecule has 29 heavy (non-hydrogen) atoms. The van der Waals surface area contributed by atoms with Gasteiger partial charge in [-0.1, -0.05) is 23.4 Å². The molecule has 0 aromatic carbocycles. The van der Waals surface area contributed by atoms with Crippen molar-refractivity contribution in [2.45, 2.75) is 25.3 Å². The average molecular weight is 437 g/mol. The predicted octanol–water partition coefficient (Wildman–Crippen LogP) is 3.37. The number of nitrogens with two attached hydrogens (primary N) is 1. The Morgan fingerprint density at radius 2 is 2.31 bits per heavy atom. The van der Waals surface area contributed by atoms with Gasteiger partial charge in [0.2, 0.25) is 0 Å². The van der Waals surface area contributed by atoms with Crippen LogP contribution in [0.5, 0.6) is 0 Å². The Kier molecular flexibility index (Phi) is 5.68. The molecule has 1 aromatic rings. The third kappa shape index (κ3) is 3.93. The van der Waals surface area contributed by atoms with Gasteiger partial charge in [0.05, 0.1) is 17.2 Å². The van der Waals surface area contributed by atoms with Gasteiger partial charge in [0.15, 0.2) is 5.17 Å². The Labute approximate surface area is 177 Å². The largest absolute Gasteiger partial charge is 0.379 e. The number of pyridine rings is 1. The Morgan fingerprint density at radius 1 is 1.48 bits per heavy atom. The lowest BCUT2D eigenvalue weighted by molar-refractivity contribution is -0.0185. The van der Waals surface area contributed by atoms with Crippen molar-refractivity contribution in [2.24, 2.45) is 22.6 Å². The first kappa shape index (κ1) is 20.4. The third-order valence-corrected chi connectivity index (χ3v) is 6.90. The molecule has 6 nitrogen and oxygen atoms in total. The van der Waals surface area contributed by atoms with Crippen LogP contribution in [-0.4, -0.2) is 40.6 Å². The number of aliphatic imine (C=N–C) groups is 1. The molecule has 1 amide bonds. The Balaban J connectivity index is 1.58. The molecule has 1 saturated heterocycles. The maximum absolute atomic E-state index is 15.0. The lowest BCUT2D eigenvalue weighted by Gasteiger charge is -2.48. The van der Waals surface area contributed by atoms with E-state index in [1.165, 1.54) is 24.0 Å². The molecule has 1 fully saturated rings. The molecule has 0 radical (unpaired) electrons. The van der Waals surface area contributed by atoms with E-state index in [0.717, 1.165) is 12.2 Å². The van der Waals surface area contributed by atoms with Gasteiger partial charge >= 0.3 is 0 Å². The number of halogens is 2. The summed E-state index contributed by atoms with van der Waals surface area (Å²) in [4.78, 5) is 21.5. The normalized spacial score (nSPS) is 29.3. The molecule has 0 spiro atoms. The second kappa shape index (κ2) is 8.08. The van der Waals surface area contributed by atoms with Crippen LogP contribution in [0.25, 0.3) is 0 Å². The van der Waals surface area contributed by atoms with E-state index in [1.54, 1.807) is 19.1 Å². The first-order chi connectivity index (χ1) is 13.9. The zero-order valence-electron chi connectivity index (χ0n) is 16.0. The molecule has 3 N–H and O–H groups in total. The number of amides is 1. The molecular formula is C20H22ClFN4O2S. The number of nitrogens with zero attached hydrogens (tertiary/aromatic N) is 2. The molecule has 0 bridgehead atoms. The van der Waals surface area contributed by atoms with Gasteiger partial charge in [0.1, 0.15) is 11.5 Å². The number of allylic oxidation sites excluding steroid dienone is 3. The summed E-state index contributed by atoms with van der Waals surface area (Å²) in [6.45, 7) is 2.73. The van der Waals surface area contributed by atoms with Gasteiger partial charge in [0, 0.05) is 30.2 Å². The van der Waals surface area contributed by atoms with Crippen LogP contribution < -0.4 is 11.1 Å². The molecule has 1 unspecified atom stereocenters. The van der Waals surface area contributed by atoms with Gasteiger partial charge in [-0.3, -0.25) is 9.79 Å². The van der Waals surface area contributed by atoms with Crippen molar-refractivity contribution in [2.75, 3.05) is 19.0 Å². The van der Waals surface area contributed by atoms with E-state index in [2.05, 4.69) is 10.3 Å². The number of hydrogen-bond donors (Lipinski definition) is 2. The fraction of sp³-hybridized carbons (Fsp3) is 0.450. The van der Waals surface area contributed by atoms with E-state index < -0.39 is 11.5 Å². The minimum Gasteiger partial charge on any atom is -0.379 e. The van der Waals surface area contributed by atoms with E-state index in [9.17, 15) is 9.18 Å². The van der Waals surface area contributed by atoms with E-state index in [-0.39, 0.29) is 23.3 Å². The van der Waals surface area contributed by atoms with Gasteiger partial charge in [-0.15, -0.1) is 0 Å². The minimum absolute atomic E-state index is 0.174. The molecule has 0 saturated carbocycles. The smallest absolute Gasteiger partial charge is 0.274 e. The Morgan fingerprint density at radius 3 is 3.10 bits per heavy atom. The third-order valence-electron chi connectivity index (χ3n) is 5.74. The van der Waals surface area contributed by atoms with Crippen LogP contribution in [0.3, 0.4) is 0 Å². The molecule has 1 aliphatic carbocycles. The van der Waals surface area contributed by atoms with Crippen molar-refractivity contribution in [3.8, 4) is 0 Å². The van der Waals surface area contributed by atoms with Gasteiger partial charge in [-0.05, 0) is 49.5 Å². The van der Waals surface area contributed by atoms with E-state index in [4.69, 9.17) is 27.1 Å². The zero-order chi connectivity index (χ0) is 20.6. The molecule has 9 heteroatoms. The lowest BCUT2D eigenvalue weighted by atomic mass is 9.69. The van der Waals surface area contributed by atoms with Crippen LogP contribution in [0, 0.1) is 18.8 Å². The molecular weight excluding hydrogens is 415 g/mol. The lowest BCUT2D eigenvalue weighted by Crippen LogP contribution is -2.55. The Bertz CT molecular complexity index is 935. The van der Waals surface area contributed by atoms with Crippen LogP contribution in [0.4, 0.5) is 4.39 Å². The second-order valence-electron chi connectivity index (χ2n) is 7.56. The summed E-state index contributed by atoms with van der Waals surface area (Å²) in [6.07, 6.45) is 5.55. The number of aromatic nitrogens is 1. The van der Waals surface area contributed by atoms with E-state index >= 15 is 0 Å². The molecule has 154 valence electrons. The summed E-state index contributed by atoms with van der Waals surface area (Å²) in [6, 6.07) is 1.68. The monoisotopic (exact) mass is 436 g/mol. The van der Waals surface area contributed by atoms with Crippen LogP contribution >= 0.6 is 23.4 Å². The van der Waals surface area contributed by atoms with Crippen LogP contribution in [0.1, 0.15) is 28.9 Å². The number of rotatable bonds is 3. The predicted molar refractivity (Wildman–Crippen MR) is 113 cm³/mol. The van der Waals surface area contributed by atoms with Gasteiger partial charge < -0.3 is 15.8 Å². The molecule has 3 atom stereocenters. The van der Waals surface area contributed by atoms with Crippen molar-refractivity contribution in [1.29, 1.82) is 0 Å². The van der Waals surface area contributed by atoms with Gasteiger partial charge in [-0.25, -0.2) is 9.37 Å². The number of carbonyl (C=O) groups excluding carboxylic acids is 1. The highest BCUT2D eigenvalue weighted by Crippen LogP contribution is 2.47. The van der Waals surface area contributed by atoms with Crippen molar-refractivity contribution in [3.63, 3.8) is 0 Å². The van der Waals surface area contributed by atoms with Crippen LogP contribution in [-0.2, 0) is 4.74 Å². The van der Waals surface area contributed by atoms with Gasteiger partial charge in [-0.2, -0.15) is 0 Å². The van der Waals surface area contributed by atoms with Crippen molar-refractivity contribution in [1.82, 2.24) is 10.3 Å². The Hall–Kier alpha value is -1.90. The topological polar surface area (TPSA) is 89.6 Å². The summed E-state index contributed by atoms with van der Waals surface area (Å²) >= 11 is 7.43. The highest BCUT2D eigenvalue weighted by atomic mass is 35.5. The van der Waals surface area contributed by atoms with Crippen molar-refractivity contribution in [3.05, 3.63) is 52.2 Å². The SMILES string of the molecule is Cc1cc(Cl)cnc1C(=O)NC1=CC=C(F)C([C@]23COCC[C@H]2CSC(N)=N3)C1. The standard InChI is InChI=1S/C20H22ClFN4O2S/c1-11-6-13(21)8-24-17(11)18(27)25-14-2-3-16(22)15(7-14)20-10-28-5-4-12(20)9-29-19(23)26-20/h2-3,6,8,12,15H,4-5,7,9-10H2,1H3,(H2,23,26)(H,25,27)/t12-,15?,20-/m0/s1. The highest BCUT2D eigenvalue weighted by Gasteiger charge is 2.52. The van der Waals surface area contributed by atoms with E-state index in [0.29, 0.717) is 41.1 Å². The molecule has 3 heterocycles. The summed E-state index contributed by atoms with van der Waals surface area (Å²) in [5, 5.41) is 3.79. The molecule has 4 rings (SSSR count). The van der Waals surface area contributed by atoms with Crippen LogP contribution in [0.15, 0.2) is 40.9 Å². The second-order valence-corrected chi connectivity index (χ2v) is 9.04. The molecule has 3 aliphatic rings. The fourth-order valence-electron chi connectivity index (χ4n) is 4.24. The summed E-state index contributed by atoms with van der Waals surface area (Å²) in [5.41, 5.74) is 6.84. The number of fused-ring (bicyclic) bond motifs is 1. The number of ether oxygens (including phenoxy) is 1. The summed E-state index contributed by atoms with van der Waals surface area (Å²) < 4.78 is 20.7. The van der Waals surface area contributed by atoms with Crippen LogP contribution in [0.2, 0.25) is 5.02 Å². The van der Waals surface area contributed by atoms with E-state index in [1.807, 2.05) is 0 Å². The van der Waals surface area contributed by atoms with Gasteiger partial charge in [0.25, 0.3) is 5.91 Å². The zero-order valence-corrected chi connectivity index (χ0v) is 17.5. The number of amidine groups is 1. The number of hydrogen-bond acceptors (Lipinski definition) is 6. The number of carbonyl (C=O) groups is 1. The maximum Gasteiger partial charge on any atom is 0.274 e. The number of nitrogens with one attached hydrogen (secondary N) is 1. The first-order valence-corrected chi connectivity index (χ1v) is 10.8. The summed E-state index contributed by atoms with van der Waals surface area (Å²) in [7, 11) is 0.